The first kappa shape index (κ1) is 16.5. The van der Waals surface area contributed by atoms with E-state index in [1.54, 1.807) is 16.8 Å². The Morgan fingerprint density at radius 2 is 1.95 bits per heavy atom. The molecule has 0 aliphatic heterocycles. The van der Waals surface area contributed by atoms with E-state index in [9.17, 15) is 13.5 Å². The van der Waals surface area contributed by atoms with Crippen LogP contribution in [0.25, 0.3) is 0 Å². The van der Waals surface area contributed by atoms with Gasteiger partial charge in [-0.3, -0.25) is 0 Å². The molecule has 0 fully saturated rings. The SMILES string of the molecule is Nc1cc(Cl)c(S(=O)(=O)NCC(O)c2ccsc2)c(Cl)c1. The third-order valence-corrected chi connectivity index (χ3v) is 5.73. The van der Waals surface area contributed by atoms with Crippen molar-refractivity contribution in [2.24, 2.45) is 0 Å². The van der Waals surface area contributed by atoms with Crippen molar-refractivity contribution in [1.29, 1.82) is 0 Å². The molecule has 0 radical (unpaired) electrons. The van der Waals surface area contributed by atoms with E-state index >= 15 is 0 Å². The van der Waals surface area contributed by atoms with Gasteiger partial charge in [-0.15, -0.1) is 0 Å². The van der Waals surface area contributed by atoms with Gasteiger partial charge in [-0.05, 0) is 34.5 Å². The fourth-order valence-corrected chi connectivity index (χ4v) is 4.65. The summed E-state index contributed by atoms with van der Waals surface area (Å²) in [6.45, 7) is -0.184. The lowest BCUT2D eigenvalue weighted by molar-refractivity contribution is 0.182. The molecule has 4 N–H and O–H groups in total. The van der Waals surface area contributed by atoms with Crippen molar-refractivity contribution >= 4 is 50.2 Å². The van der Waals surface area contributed by atoms with Crippen molar-refractivity contribution in [1.82, 2.24) is 4.72 Å². The molecule has 0 aliphatic carbocycles. The fourth-order valence-electron chi connectivity index (χ4n) is 1.68. The summed E-state index contributed by atoms with van der Waals surface area (Å²) >= 11 is 13.2. The van der Waals surface area contributed by atoms with Gasteiger partial charge in [0.15, 0.2) is 0 Å². The number of rotatable bonds is 5. The molecule has 5 nitrogen and oxygen atoms in total. The van der Waals surface area contributed by atoms with E-state index in [-0.39, 0.29) is 27.2 Å². The molecule has 2 aromatic rings. The van der Waals surface area contributed by atoms with Gasteiger partial charge in [-0.25, -0.2) is 13.1 Å². The molecule has 1 atom stereocenters. The lowest BCUT2D eigenvalue weighted by atomic mass is 10.2. The van der Waals surface area contributed by atoms with Gasteiger partial charge in [0.05, 0.1) is 16.1 Å². The highest BCUT2D eigenvalue weighted by Crippen LogP contribution is 2.31. The Morgan fingerprint density at radius 1 is 1.33 bits per heavy atom. The topological polar surface area (TPSA) is 92.4 Å². The second-order valence-corrected chi connectivity index (χ2v) is 7.54. The second-order valence-electron chi connectivity index (χ2n) is 4.24. The normalized spacial score (nSPS) is 13.3. The maximum atomic E-state index is 12.2. The molecule has 0 bridgehead atoms. The van der Waals surface area contributed by atoms with Gasteiger partial charge in [-0.1, -0.05) is 23.2 Å². The minimum absolute atomic E-state index is 0.0717. The Morgan fingerprint density at radius 3 is 2.48 bits per heavy atom. The van der Waals surface area contributed by atoms with Gasteiger partial charge in [0, 0.05) is 12.2 Å². The van der Waals surface area contributed by atoms with Gasteiger partial charge in [0.1, 0.15) is 4.90 Å². The molecule has 21 heavy (non-hydrogen) atoms. The maximum absolute atomic E-state index is 12.2. The van der Waals surface area contributed by atoms with Gasteiger partial charge >= 0.3 is 0 Å². The Kier molecular flexibility index (Phi) is 5.13. The van der Waals surface area contributed by atoms with E-state index in [1.165, 1.54) is 23.5 Å². The number of hydrogen-bond donors (Lipinski definition) is 3. The molecule has 0 saturated heterocycles. The summed E-state index contributed by atoms with van der Waals surface area (Å²) < 4.78 is 26.7. The van der Waals surface area contributed by atoms with E-state index < -0.39 is 16.1 Å². The monoisotopic (exact) mass is 366 g/mol. The molecule has 1 aromatic carbocycles. The first-order valence-electron chi connectivity index (χ1n) is 5.75. The van der Waals surface area contributed by atoms with E-state index in [0.29, 0.717) is 5.56 Å². The average Bonchev–Trinajstić information content (AvgIpc) is 2.88. The van der Waals surface area contributed by atoms with Crippen LogP contribution in [0.2, 0.25) is 10.0 Å². The minimum atomic E-state index is -3.95. The van der Waals surface area contributed by atoms with E-state index in [0.717, 1.165) is 0 Å². The van der Waals surface area contributed by atoms with Crippen molar-refractivity contribution in [3.63, 3.8) is 0 Å². The van der Waals surface area contributed by atoms with E-state index in [4.69, 9.17) is 28.9 Å². The summed E-state index contributed by atoms with van der Waals surface area (Å²) in [6.07, 6.45) is -0.947. The number of aliphatic hydroxyl groups excluding tert-OH is 1. The van der Waals surface area contributed by atoms with Crippen LogP contribution >= 0.6 is 34.5 Å². The van der Waals surface area contributed by atoms with Crippen LogP contribution in [-0.2, 0) is 10.0 Å². The number of halogens is 2. The predicted octanol–water partition coefficient (Wildman–Crippen LogP) is 2.65. The van der Waals surface area contributed by atoms with Crippen LogP contribution in [0, 0.1) is 0 Å². The molecule has 0 spiro atoms. The lowest BCUT2D eigenvalue weighted by Crippen LogP contribution is -2.29. The Bertz CT molecular complexity index is 710. The molecular weight excluding hydrogens is 355 g/mol. The van der Waals surface area contributed by atoms with E-state index in [2.05, 4.69) is 4.72 Å². The van der Waals surface area contributed by atoms with Gasteiger partial charge in [0.25, 0.3) is 0 Å². The van der Waals surface area contributed by atoms with Crippen molar-refractivity contribution in [2.75, 3.05) is 12.3 Å². The van der Waals surface area contributed by atoms with Gasteiger partial charge in [0.2, 0.25) is 10.0 Å². The van der Waals surface area contributed by atoms with Crippen LogP contribution in [0.3, 0.4) is 0 Å². The number of benzene rings is 1. The molecule has 1 heterocycles. The van der Waals surface area contributed by atoms with Gasteiger partial charge < -0.3 is 10.8 Å². The van der Waals surface area contributed by atoms with Crippen molar-refractivity contribution < 1.29 is 13.5 Å². The third-order valence-electron chi connectivity index (χ3n) is 2.68. The third kappa shape index (κ3) is 3.88. The van der Waals surface area contributed by atoms with Crippen LogP contribution < -0.4 is 10.5 Å². The number of sulfonamides is 1. The summed E-state index contributed by atoms with van der Waals surface area (Å²) in [6, 6.07) is 4.32. The molecule has 1 aromatic heterocycles. The summed E-state index contributed by atoms with van der Waals surface area (Å²) in [5.41, 5.74) is 6.44. The summed E-state index contributed by atoms with van der Waals surface area (Å²) in [7, 11) is -3.95. The molecule has 0 aliphatic rings. The standard InChI is InChI=1S/C12H12Cl2N2O3S2/c13-9-3-8(15)4-10(14)12(9)21(18,19)16-5-11(17)7-1-2-20-6-7/h1-4,6,11,16-17H,5,15H2. The number of nitrogen functional groups attached to an aromatic ring is 1. The summed E-state index contributed by atoms with van der Waals surface area (Å²) in [5.74, 6) is 0. The molecule has 2 rings (SSSR count). The Balaban J connectivity index is 2.20. The lowest BCUT2D eigenvalue weighted by Gasteiger charge is -2.13. The highest BCUT2D eigenvalue weighted by Gasteiger charge is 2.23. The second kappa shape index (κ2) is 6.51. The van der Waals surface area contributed by atoms with Crippen LogP contribution in [-0.4, -0.2) is 20.1 Å². The quantitative estimate of drug-likeness (QED) is 0.709. The highest BCUT2D eigenvalue weighted by molar-refractivity contribution is 7.89. The van der Waals surface area contributed by atoms with Crippen molar-refractivity contribution in [3.8, 4) is 0 Å². The number of nitrogens with one attached hydrogen (secondary N) is 1. The number of anilines is 1. The maximum Gasteiger partial charge on any atom is 0.243 e. The zero-order chi connectivity index (χ0) is 15.6. The Hall–Kier alpha value is -0.830. The zero-order valence-electron chi connectivity index (χ0n) is 10.6. The first-order chi connectivity index (χ1) is 9.81. The average molecular weight is 367 g/mol. The zero-order valence-corrected chi connectivity index (χ0v) is 13.7. The van der Waals surface area contributed by atoms with E-state index in [1.807, 2.05) is 0 Å². The number of thiophene rings is 1. The molecule has 1 unspecified atom stereocenters. The Labute approximate surface area is 136 Å². The van der Waals surface area contributed by atoms with Crippen molar-refractivity contribution in [3.05, 3.63) is 44.6 Å². The van der Waals surface area contributed by atoms with Gasteiger partial charge in [-0.2, -0.15) is 11.3 Å². The largest absolute Gasteiger partial charge is 0.399 e. The van der Waals surface area contributed by atoms with Crippen LogP contribution in [0.5, 0.6) is 0 Å². The number of aliphatic hydroxyl groups is 1. The minimum Gasteiger partial charge on any atom is -0.399 e. The van der Waals surface area contributed by atoms with Crippen molar-refractivity contribution in [2.45, 2.75) is 11.0 Å². The molecule has 0 saturated carbocycles. The van der Waals surface area contributed by atoms with Crippen LogP contribution in [0.15, 0.2) is 33.9 Å². The molecule has 9 heteroatoms. The number of hydrogen-bond acceptors (Lipinski definition) is 5. The van der Waals surface area contributed by atoms with Crippen LogP contribution in [0.1, 0.15) is 11.7 Å². The predicted molar refractivity (Wildman–Crippen MR) is 85.3 cm³/mol. The fraction of sp³-hybridized carbons (Fsp3) is 0.167. The molecular formula is C12H12Cl2N2O3S2. The summed E-state index contributed by atoms with van der Waals surface area (Å²) in [4.78, 5) is -0.252. The highest BCUT2D eigenvalue weighted by atomic mass is 35.5. The smallest absolute Gasteiger partial charge is 0.243 e. The number of nitrogens with two attached hydrogens (primary N) is 1. The van der Waals surface area contributed by atoms with Crippen LogP contribution in [0.4, 0.5) is 5.69 Å². The first-order valence-corrected chi connectivity index (χ1v) is 8.94. The molecule has 114 valence electrons. The molecule has 0 amide bonds. The summed E-state index contributed by atoms with van der Waals surface area (Å²) in [5, 5.41) is 13.3.